The molecule has 28 heavy (non-hydrogen) atoms. The molecule has 7 heteroatoms. The highest BCUT2D eigenvalue weighted by Gasteiger charge is 2.50. The van der Waals surface area contributed by atoms with Crippen molar-refractivity contribution in [2.45, 2.75) is 25.8 Å². The molecule has 1 fully saturated rings. The van der Waals surface area contributed by atoms with Gasteiger partial charge in [-0.3, -0.25) is 19.3 Å². The van der Waals surface area contributed by atoms with Gasteiger partial charge in [0.2, 0.25) is 17.6 Å². The molecule has 0 radical (unpaired) electrons. The molecule has 1 aliphatic heterocycles. The fourth-order valence-corrected chi connectivity index (χ4v) is 3.95. The number of imide groups is 1. The van der Waals surface area contributed by atoms with E-state index in [0.717, 1.165) is 15.8 Å². The molecule has 1 aromatic carbocycles. The van der Waals surface area contributed by atoms with Crippen molar-refractivity contribution in [1.82, 2.24) is 9.88 Å². The second-order valence-electron chi connectivity index (χ2n) is 7.16. The molecule has 4 rings (SSSR count). The maximum Gasteiger partial charge on any atom is 0.329 e. The number of carbonyl (C=O) groups excluding carboxylic acids is 4. The zero-order valence-corrected chi connectivity index (χ0v) is 15.4. The van der Waals surface area contributed by atoms with Gasteiger partial charge in [-0.25, -0.2) is 4.79 Å². The number of likely N-dealkylation sites (tertiary alicyclic amines) is 1. The van der Waals surface area contributed by atoms with Crippen LogP contribution in [0.4, 0.5) is 0 Å². The number of fused-ring (bicyclic) bond motifs is 2. The molecule has 2 aliphatic rings. The third-order valence-electron chi connectivity index (χ3n) is 5.51. The number of ether oxygens (including phenoxy) is 1. The standard InChI is InChI=1S/C21H20N2O5/c1-12(23-19(25)14-7-2-3-8-15(14)20(23)26)21(27)28-11-18(24)16-10-22-17-9-5-4-6-13(16)17/h2-6,9-10,12,14-15,22H,7-8,11H2,1H3/t12-,14+,15+/m0/s1. The van der Waals surface area contributed by atoms with Crippen molar-refractivity contribution in [3.05, 3.63) is 48.2 Å². The predicted octanol–water partition coefficient (Wildman–Crippen LogP) is 2.23. The summed E-state index contributed by atoms with van der Waals surface area (Å²) >= 11 is 0. The lowest BCUT2D eigenvalue weighted by molar-refractivity contribution is -0.157. The highest BCUT2D eigenvalue weighted by molar-refractivity contribution is 6.10. The number of aromatic amines is 1. The lowest BCUT2D eigenvalue weighted by Crippen LogP contribution is -2.44. The first-order valence-electron chi connectivity index (χ1n) is 9.27. The Bertz CT molecular complexity index is 979. The molecule has 0 unspecified atom stereocenters. The molecule has 1 saturated heterocycles. The molecule has 0 saturated carbocycles. The molecular weight excluding hydrogens is 360 g/mol. The number of nitrogens with one attached hydrogen (secondary N) is 1. The topological polar surface area (TPSA) is 96.5 Å². The van der Waals surface area contributed by atoms with Crippen LogP contribution in [-0.2, 0) is 19.1 Å². The van der Waals surface area contributed by atoms with Gasteiger partial charge >= 0.3 is 5.97 Å². The highest BCUT2D eigenvalue weighted by atomic mass is 16.5. The molecule has 1 N–H and O–H groups in total. The van der Waals surface area contributed by atoms with Gasteiger partial charge in [-0.05, 0) is 25.8 Å². The van der Waals surface area contributed by atoms with Crippen LogP contribution in [0, 0.1) is 11.8 Å². The molecule has 0 spiro atoms. The van der Waals surface area contributed by atoms with E-state index in [1.54, 1.807) is 12.3 Å². The number of amides is 2. The van der Waals surface area contributed by atoms with E-state index in [1.165, 1.54) is 6.92 Å². The van der Waals surface area contributed by atoms with Crippen LogP contribution in [0.3, 0.4) is 0 Å². The van der Waals surface area contributed by atoms with E-state index in [9.17, 15) is 19.2 Å². The van der Waals surface area contributed by atoms with Crippen molar-refractivity contribution in [2.24, 2.45) is 11.8 Å². The van der Waals surface area contributed by atoms with Crippen molar-refractivity contribution in [3.63, 3.8) is 0 Å². The number of rotatable bonds is 5. The first-order valence-corrected chi connectivity index (χ1v) is 9.27. The summed E-state index contributed by atoms with van der Waals surface area (Å²) < 4.78 is 5.14. The Hall–Kier alpha value is -3.22. The molecule has 144 valence electrons. The molecule has 0 bridgehead atoms. The first-order chi connectivity index (χ1) is 13.5. The van der Waals surface area contributed by atoms with Crippen molar-refractivity contribution < 1.29 is 23.9 Å². The lowest BCUT2D eigenvalue weighted by Gasteiger charge is -2.21. The van der Waals surface area contributed by atoms with Crippen LogP contribution in [0.25, 0.3) is 10.9 Å². The van der Waals surface area contributed by atoms with Gasteiger partial charge in [0.1, 0.15) is 6.04 Å². The summed E-state index contributed by atoms with van der Waals surface area (Å²) in [7, 11) is 0. The van der Waals surface area contributed by atoms with Crippen LogP contribution in [0.2, 0.25) is 0 Å². The van der Waals surface area contributed by atoms with Crippen LogP contribution in [-0.4, -0.2) is 46.1 Å². The molecule has 1 aliphatic carbocycles. The third-order valence-corrected chi connectivity index (χ3v) is 5.51. The number of H-pyrrole nitrogens is 1. The number of Topliss-reactive ketones (excluding diaryl/α,β-unsaturated/α-hetero) is 1. The van der Waals surface area contributed by atoms with E-state index in [4.69, 9.17) is 4.74 Å². The number of hydrogen-bond donors (Lipinski definition) is 1. The van der Waals surface area contributed by atoms with Crippen molar-refractivity contribution in [1.29, 1.82) is 0 Å². The number of hydrogen-bond acceptors (Lipinski definition) is 5. The maximum absolute atomic E-state index is 12.6. The minimum atomic E-state index is -1.05. The number of aromatic nitrogens is 1. The van der Waals surface area contributed by atoms with E-state index in [0.29, 0.717) is 18.4 Å². The Labute approximate surface area is 161 Å². The minimum absolute atomic E-state index is 0.341. The minimum Gasteiger partial charge on any atom is -0.456 e. The van der Waals surface area contributed by atoms with Gasteiger partial charge in [-0.1, -0.05) is 30.4 Å². The average molecular weight is 380 g/mol. The number of esters is 1. The fourth-order valence-electron chi connectivity index (χ4n) is 3.95. The van der Waals surface area contributed by atoms with E-state index < -0.39 is 30.5 Å². The predicted molar refractivity (Wildman–Crippen MR) is 100 cm³/mol. The SMILES string of the molecule is C[C@@H](C(=O)OCC(=O)c1c[nH]c2ccccc12)N1C(=O)[C@@H]2CC=CC[C@H]2C1=O. The average Bonchev–Trinajstić information content (AvgIpc) is 3.25. The van der Waals surface area contributed by atoms with Gasteiger partial charge in [0.05, 0.1) is 11.8 Å². The summed E-state index contributed by atoms with van der Waals surface area (Å²) in [5.41, 5.74) is 1.25. The summed E-state index contributed by atoms with van der Waals surface area (Å²) in [5.74, 6) is -2.60. The monoisotopic (exact) mass is 380 g/mol. The lowest BCUT2D eigenvalue weighted by atomic mass is 9.85. The molecule has 2 heterocycles. The zero-order valence-electron chi connectivity index (χ0n) is 15.4. The molecule has 1 aromatic heterocycles. The molecule has 2 amide bonds. The first kappa shape index (κ1) is 18.2. The maximum atomic E-state index is 12.6. The summed E-state index contributed by atoms with van der Waals surface area (Å²) in [6.07, 6.45) is 6.37. The van der Waals surface area contributed by atoms with Gasteiger partial charge in [0.25, 0.3) is 0 Å². The summed E-state index contributed by atoms with van der Waals surface area (Å²) in [6, 6.07) is 6.27. The van der Waals surface area contributed by atoms with E-state index in [-0.39, 0.29) is 17.6 Å². The Kier molecular flexibility index (Phi) is 4.58. The number of para-hydroxylation sites is 1. The number of carbonyl (C=O) groups is 4. The van der Waals surface area contributed by atoms with E-state index in [2.05, 4.69) is 4.98 Å². The smallest absolute Gasteiger partial charge is 0.329 e. The Morgan fingerprint density at radius 2 is 1.79 bits per heavy atom. The fraction of sp³-hybridized carbons (Fsp3) is 0.333. The molecular formula is C21H20N2O5. The van der Waals surface area contributed by atoms with Crippen LogP contribution < -0.4 is 0 Å². The molecule has 2 aromatic rings. The quantitative estimate of drug-likeness (QED) is 0.371. The second-order valence-corrected chi connectivity index (χ2v) is 7.16. The Morgan fingerprint density at radius 1 is 1.14 bits per heavy atom. The largest absolute Gasteiger partial charge is 0.456 e. The third kappa shape index (κ3) is 2.93. The van der Waals surface area contributed by atoms with Crippen LogP contribution in [0.5, 0.6) is 0 Å². The normalized spacial score (nSPS) is 22.4. The summed E-state index contributed by atoms with van der Waals surface area (Å²) in [6.45, 7) is 1.01. The second kappa shape index (κ2) is 7.07. The Balaban J connectivity index is 1.42. The summed E-state index contributed by atoms with van der Waals surface area (Å²) in [4.78, 5) is 54.0. The van der Waals surface area contributed by atoms with Crippen molar-refractivity contribution in [3.8, 4) is 0 Å². The number of allylic oxidation sites excluding steroid dienone is 2. The number of ketones is 1. The van der Waals surface area contributed by atoms with Gasteiger partial charge in [-0.2, -0.15) is 0 Å². The van der Waals surface area contributed by atoms with Gasteiger partial charge in [0.15, 0.2) is 6.61 Å². The number of benzene rings is 1. The van der Waals surface area contributed by atoms with Crippen LogP contribution in [0.1, 0.15) is 30.1 Å². The van der Waals surface area contributed by atoms with E-state index in [1.807, 2.05) is 30.4 Å². The van der Waals surface area contributed by atoms with Crippen LogP contribution >= 0.6 is 0 Å². The van der Waals surface area contributed by atoms with Gasteiger partial charge < -0.3 is 9.72 Å². The van der Waals surface area contributed by atoms with Crippen molar-refractivity contribution in [2.75, 3.05) is 6.61 Å². The van der Waals surface area contributed by atoms with Gasteiger partial charge in [-0.15, -0.1) is 0 Å². The zero-order chi connectivity index (χ0) is 19.8. The van der Waals surface area contributed by atoms with E-state index >= 15 is 0 Å². The number of nitrogens with zero attached hydrogens (tertiary/aromatic N) is 1. The highest BCUT2D eigenvalue weighted by Crippen LogP contribution is 2.36. The van der Waals surface area contributed by atoms with Gasteiger partial charge in [0, 0.05) is 22.7 Å². The Morgan fingerprint density at radius 3 is 2.46 bits per heavy atom. The van der Waals surface area contributed by atoms with Crippen molar-refractivity contribution >= 4 is 34.5 Å². The molecule has 3 atom stereocenters. The summed E-state index contributed by atoms with van der Waals surface area (Å²) in [5, 5.41) is 0.748. The van der Waals surface area contributed by atoms with Crippen LogP contribution in [0.15, 0.2) is 42.6 Å². The molecule has 7 nitrogen and oxygen atoms in total.